The lowest BCUT2D eigenvalue weighted by Gasteiger charge is -2.62. The fourth-order valence-corrected chi connectivity index (χ4v) is 2.89. The molecule has 18 heavy (non-hydrogen) atoms. The Morgan fingerprint density at radius 3 is 2.67 bits per heavy atom. The number of nitro benzene ring substituents is 1. The van der Waals surface area contributed by atoms with Gasteiger partial charge in [0, 0.05) is 19.6 Å². The quantitative estimate of drug-likeness (QED) is 0.481. The number of likely N-dealkylation sites (N-methyl/N-ethyl adjacent to an activating group) is 1. The minimum absolute atomic E-state index is 0.0364. The van der Waals surface area contributed by atoms with Gasteiger partial charge in [-0.15, -0.1) is 0 Å². The molecule has 0 radical (unpaired) electrons. The van der Waals surface area contributed by atoms with Gasteiger partial charge in [-0.1, -0.05) is 6.07 Å². The van der Waals surface area contributed by atoms with Crippen molar-refractivity contribution in [1.29, 1.82) is 0 Å². The van der Waals surface area contributed by atoms with Crippen LogP contribution in [-0.2, 0) is 0 Å². The minimum atomic E-state index is -0.389. The van der Waals surface area contributed by atoms with E-state index in [1.54, 1.807) is 18.2 Å². The highest BCUT2D eigenvalue weighted by Gasteiger charge is 2.52. The Hall–Kier alpha value is -1.82. The molecule has 0 aliphatic carbocycles. The van der Waals surface area contributed by atoms with Crippen LogP contribution in [0.25, 0.3) is 0 Å². The first kappa shape index (κ1) is 11.3. The van der Waals surface area contributed by atoms with Crippen molar-refractivity contribution in [3.63, 3.8) is 0 Å². The number of anilines is 2. The van der Waals surface area contributed by atoms with Crippen LogP contribution in [0.3, 0.4) is 0 Å². The summed E-state index contributed by atoms with van der Waals surface area (Å²) in [4.78, 5) is 15.1. The molecule has 0 aromatic heterocycles. The molecule has 0 saturated carbocycles. The summed E-state index contributed by atoms with van der Waals surface area (Å²) in [5, 5.41) is 11.1. The van der Waals surface area contributed by atoms with Crippen LogP contribution in [0.5, 0.6) is 0 Å². The number of hydrogen-bond donors (Lipinski definition) is 1. The third-order valence-corrected chi connectivity index (χ3v) is 4.26. The Balaban J connectivity index is 1.86. The highest BCUT2D eigenvalue weighted by molar-refractivity contribution is 5.76. The number of benzene rings is 1. The van der Waals surface area contributed by atoms with Crippen molar-refractivity contribution in [2.45, 2.75) is 12.0 Å². The molecule has 1 spiro atoms. The van der Waals surface area contributed by atoms with Crippen LogP contribution in [0.1, 0.15) is 6.42 Å². The summed E-state index contributed by atoms with van der Waals surface area (Å²) in [6.07, 6.45) is 1.18. The summed E-state index contributed by atoms with van der Waals surface area (Å²) in [6, 6.07) is 5.12. The second-order valence-corrected chi connectivity index (χ2v) is 5.22. The third kappa shape index (κ3) is 1.38. The summed E-state index contributed by atoms with van der Waals surface area (Å²) in [7, 11) is 2.11. The van der Waals surface area contributed by atoms with E-state index in [1.165, 1.54) is 6.42 Å². The number of nitrogens with zero attached hydrogens (tertiary/aromatic N) is 3. The van der Waals surface area contributed by atoms with Crippen LogP contribution in [-0.4, -0.2) is 42.0 Å². The molecule has 3 rings (SSSR count). The lowest BCUT2D eigenvalue weighted by Crippen LogP contribution is -2.76. The summed E-state index contributed by atoms with van der Waals surface area (Å²) in [5.41, 5.74) is 6.87. The van der Waals surface area contributed by atoms with Crippen molar-refractivity contribution in [2.75, 3.05) is 37.3 Å². The van der Waals surface area contributed by atoms with E-state index in [-0.39, 0.29) is 21.8 Å². The number of rotatable bonds is 2. The predicted molar refractivity (Wildman–Crippen MR) is 69.7 cm³/mol. The van der Waals surface area contributed by atoms with Gasteiger partial charge in [-0.2, -0.15) is 0 Å². The van der Waals surface area contributed by atoms with Crippen molar-refractivity contribution in [3.8, 4) is 0 Å². The average molecular weight is 248 g/mol. The van der Waals surface area contributed by atoms with Gasteiger partial charge in [0.2, 0.25) is 0 Å². The van der Waals surface area contributed by atoms with Crippen LogP contribution in [0, 0.1) is 10.1 Å². The molecule has 2 fully saturated rings. The molecule has 2 aliphatic heterocycles. The molecule has 6 nitrogen and oxygen atoms in total. The maximum atomic E-state index is 11.1. The monoisotopic (exact) mass is 248 g/mol. The lowest BCUT2D eigenvalue weighted by molar-refractivity contribution is -0.383. The zero-order valence-electron chi connectivity index (χ0n) is 10.3. The molecule has 0 amide bonds. The van der Waals surface area contributed by atoms with E-state index in [2.05, 4.69) is 11.9 Å². The molecule has 6 heteroatoms. The summed E-state index contributed by atoms with van der Waals surface area (Å²) in [6.45, 7) is 2.83. The van der Waals surface area contributed by atoms with Gasteiger partial charge in [0.25, 0.3) is 0 Å². The number of nitro groups is 1. The van der Waals surface area contributed by atoms with E-state index in [4.69, 9.17) is 5.73 Å². The van der Waals surface area contributed by atoms with E-state index < -0.39 is 0 Å². The first-order valence-corrected chi connectivity index (χ1v) is 6.03. The largest absolute Gasteiger partial charge is 0.393 e. The molecule has 2 N–H and O–H groups in total. The predicted octanol–water partition coefficient (Wildman–Crippen LogP) is 1.07. The average Bonchev–Trinajstić information content (AvgIpc) is 2.25. The van der Waals surface area contributed by atoms with Gasteiger partial charge in [0.1, 0.15) is 11.4 Å². The number of para-hydroxylation sites is 1. The van der Waals surface area contributed by atoms with Crippen LogP contribution in [0.15, 0.2) is 18.2 Å². The van der Waals surface area contributed by atoms with Gasteiger partial charge in [-0.05, 0) is 25.6 Å². The summed E-state index contributed by atoms with van der Waals surface area (Å²) >= 11 is 0. The first-order chi connectivity index (χ1) is 8.53. The molecule has 96 valence electrons. The van der Waals surface area contributed by atoms with Gasteiger partial charge < -0.3 is 10.6 Å². The zero-order valence-corrected chi connectivity index (χ0v) is 10.3. The highest BCUT2D eigenvalue weighted by atomic mass is 16.6. The molecular formula is C12H16N4O2. The standard InChI is InChI=1S/C12H16N4O2/c1-14-6-5-12(14)7-15(8-12)10-4-2-3-9(13)11(10)16(17)18/h2-4H,5-8,13H2,1H3. The molecule has 2 saturated heterocycles. The zero-order chi connectivity index (χ0) is 12.9. The van der Waals surface area contributed by atoms with Gasteiger partial charge in [0.15, 0.2) is 0 Å². The maximum Gasteiger partial charge on any atom is 0.315 e. The lowest BCUT2D eigenvalue weighted by atomic mass is 9.77. The number of likely N-dealkylation sites (tertiary alicyclic amines) is 1. The van der Waals surface area contributed by atoms with Crippen LogP contribution in [0.2, 0.25) is 0 Å². The molecule has 0 unspecified atom stereocenters. The number of nitrogen functional groups attached to an aromatic ring is 1. The van der Waals surface area contributed by atoms with Crippen molar-refractivity contribution in [1.82, 2.24) is 4.90 Å². The Morgan fingerprint density at radius 2 is 2.17 bits per heavy atom. The molecular weight excluding hydrogens is 232 g/mol. The second-order valence-electron chi connectivity index (χ2n) is 5.22. The minimum Gasteiger partial charge on any atom is -0.393 e. The smallest absolute Gasteiger partial charge is 0.315 e. The Labute approximate surface area is 105 Å². The van der Waals surface area contributed by atoms with Crippen molar-refractivity contribution in [3.05, 3.63) is 28.3 Å². The molecule has 0 atom stereocenters. The summed E-state index contributed by atoms with van der Waals surface area (Å²) < 4.78 is 0. The SMILES string of the molecule is CN1CCC12CN(c1cccc(N)c1[N+](=O)[O-])C2. The second kappa shape index (κ2) is 3.58. The van der Waals surface area contributed by atoms with Gasteiger partial charge in [-0.3, -0.25) is 15.0 Å². The fourth-order valence-electron chi connectivity index (χ4n) is 2.89. The maximum absolute atomic E-state index is 11.1. The van der Waals surface area contributed by atoms with Gasteiger partial charge >= 0.3 is 5.69 Å². The molecule has 0 bridgehead atoms. The Bertz CT molecular complexity index is 511. The fraction of sp³-hybridized carbons (Fsp3) is 0.500. The number of hydrogen-bond acceptors (Lipinski definition) is 5. The Kier molecular flexibility index (Phi) is 2.25. The Morgan fingerprint density at radius 1 is 1.44 bits per heavy atom. The van der Waals surface area contributed by atoms with E-state index in [0.29, 0.717) is 5.69 Å². The van der Waals surface area contributed by atoms with Crippen LogP contribution >= 0.6 is 0 Å². The van der Waals surface area contributed by atoms with Crippen LogP contribution in [0.4, 0.5) is 17.1 Å². The van der Waals surface area contributed by atoms with Crippen molar-refractivity contribution in [2.24, 2.45) is 0 Å². The molecule has 2 heterocycles. The van der Waals surface area contributed by atoms with Crippen molar-refractivity contribution >= 4 is 17.1 Å². The van der Waals surface area contributed by atoms with E-state index in [9.17, 15) is 10.1 Å². The first-order valence-electron chi connectivity index (χ1n) is 6.03. The molecule has 1 aromatic carbocycles. The third-order valence-electron chi connectivity index (χ3n) is 4.26. The van der Waals surface area contributed by atoms with Gasteiger partial charge in [-0.25, -0.2) is 0 Å². The molecule has 2 aliphatic rings. The van der Waals surface area contributed by atoms with E-state index >= 15 is 0 Å². The van der Waals surface area contributed by atoms with E-state index in [0.717, 1.165) is 19.6 Å². The normalized spacial score (nSPS) is 21.5. The topological polar surface area (TPSA) is 75.6 Å². The number of nitrogens with two attached hydrogens (primary N) is 1. The molecule has 1 aromatic rings. The van der Waals surface area contributed by atoms with Crippen LogP contribution < -0.4 is 10.6 Å². The van der Waals surface area contributed by atoms with Crippen molar-refractivity contribution < 1.29 is 4.92 Å². The highest BCUT2D eigenvalue weighted by Crippen LogP contribution is 2.44. The summed E-state index contributed by atoms with van der Waals surface area (Å²) in [5.74, 6) is 0. The van der Waals surface area contributed by atoms with E-state index in [1.807, 2.05) is 4.90 Å². The van der Waals surface area contributed by atoms with Gasteiger partial charge in [0.05, 0.1) is 10.5 Å².